The van der Waals surface area contributed by atoms with Crippen LogP contribution in [-0.4, -0.2) is 41.1 Å². The molecule has 1 amide bonds. The van der Waals surface area contributed by atoms with Gasteiger partial charge in [0.25, 0.3) is 5.91 Å². The number of benzene rings is 2. The number of morpholine rings is 1. The summed E-state index contributed by atoms with van der Waals surface area (Å²) in [6, 6.07) is 13.7. The van der Waals surface area contributed by atoms with Crippen molar-refractivity contribution in [3.05, 3.63) is 59.1 Å². The molecule has 6 heteroatoms. The van der Waals surface area contributed by atoms with E-state index < -0.39 is 0 Å². The Balaban J connectivity index is 1.45. The third-order valence-corrected chi connectivity index (χ3v) is 5.49. The van der Waals surface area contributed by atoms with Crippen LogP contribution in [0.15, 0.2) is 47.8 Å². The fraction of sp³-hybridized carbons (Fsp3) is 0.333. The van der Waals surface area contributed by atoms with Gasteiger partial charge in [-0.2, -0.15) is 0 Å². The molecule has 2 heterocycles. The minimum atomic E-state index is -0.124. The number of fused-ring (bicyclic) bond motifs is 1. The van der Waals surface area contributed by atoms with Gasteiger partial charge >= 0.3 is 0 Å². The van der Waals surface area contributed by atoms with Crippen molar-refractivity contribution in [1.29, 1.82) is 0 Å². The second-order valence-electron chi connectivity index (χ2n) is 7.08. The highest BCUT2D eigenvalue weighted by atomic mass is 32.1. The zero-order chi connectivity index (χ0) is 18.8. The highest BCUT2D eigenvalue weighted by Gasteiger charge is 2.23. The molecule has 1 aliphatic rings. The predicted molar refractivity (Wildman–Crippen MR) is 109 cm³/mol. The Morgan fingerprint density at radius 1 is 1.19 bits per heavy atom. The number of hydrogen-bond donors (Lipinski definition) is 1. The molecule has 27 heavy (non-hydrogen) atoms. The van der Waals surface area contributed by atoms with Gasteiger partial charge in [-0.15, -0.1) is 11.3 Å². The van der Waals surface area contributed by atoms with Crippen LogP contribution in [0.5, 0.6) is 0 Å². The maximum atomic E-state index is 12.7. The van der Waals surface area contributed by atoms with E-state index in [0.29, 0.717) is 10.7 Å². The molecule has 4 rings (SSSR count). The summed E-state index contributed by atoms with van der Waals surface area (Å²) in [6.45, 7) is 6.77. The number of anilines is 1. The van der Waals surface area contributed by atoms with Crippen molar-refractivity contribution >= 4 is 33.1 Å². The quantitative estimate of drug-likeness (QED) is 0.737. The third-order valence-electron chi connectivity index (χ3n) is 4.69. The van der Waals surface area contributed by atoms with E-state index in [2.05, 4.69) is 29.0 Å². The number of rotatable bonds is 4. The second-order valence-corrected chi connectivity index (χ2v) is 7.93. The summed E-state index contributed by atoms with van der Waals surface area (Å²) >= 11 is 1.47. The Bertz CT molecular complexity index is 940. The lowest BCUT2D eigenvalue weighted by atomic mass is 10.0. The zero-order valence-corrected chi connectivity index (χ0v) is 16.3. The fourth-order valence-electron chi connectivity index (χ4n) is 3.67. The Morgan fingerprint density at radius 2 is 1.93 bits per heavy atom. The van der Waals surface area contributed by atoms with Gasteiger partial charge in [0.2, 0.25) is 0 Å². The van der Waals surface area contributed by atoms with E-state index in [4.69, 9.17) is 4.74 Å². The third kappa shape index (κ3) is 4.18. The van der Waals surface area contributed by atoms with E-state index in [0.717, 1.165) is 36.1 Å². The average Bonchev–Trinajstić information content (AvgIpc) is 3.07. The number of aromatic nitrogens is 1. The summed E-state index contributed by atoms with van der Waals surface area (Å²) in [5.41, 5.74) is 1.65. The monoisotopic (exact) mass is 381 g/mol. The van der Waals surface area contributed by atoms with Crippen LogP contribution in [0.1, 0.15) is 29.9 Å². The van der Waals surface area contributed by atoms with E-state index in [1.165, 1.54) is 11.3 Å². The lowest BCUT2D eigenvalue weighted by Crippen LogP contribution is -2.44. The van der Waals surface area contributed by atoms with Crippen LogP contribution in [0, 0.1) is 0 Å². The van der Waals surface area contributed by atoms with Crippen molar-refractivity contribution in [2.24, 2.45) is 0 Å². The highest BCUT2D eigenvalue weighted by molar-refractivity contribution is 7.14. The number of hydrogen-bond acceptors (Lipinski definition) is 5. The van der Waals surface area contributed by atoms with Gasteiger partial charge in [0.1, 0.15) is 0 Å². The van der Waals surface area contributed by atoms with Gasteiger partial charge in [-0.25, -0.2) is 4.98 Å². The average molecular weight is 382 g/mol. The summed E-state index contributed by atoms with van der Waals surface area (Å²) in [6.07, 6.45) is 0.468. The second kappa shape index (κ2) is 7.76. The van der Waals surface area contributed by atoms with E-state index in [-0.39, 0.29) is 18.1 Å². The van der Waals surface area contributed by atoms with Crippen molar-refractivity contribution in [2.75, 3.05) is 18.4 Å². The molecule has 2 unspecified atom stereocenters. The summed E-state index contributed by atoms with van der Waals surface area (Å²) < 4.78 is 5.78. The number of carbonyl (C=O) groups is 1. The van der Waals surface area contributed by atoms with E-state index in [9.17, 15) is 4.79 Å². The van der Waals surface area contributed by atoms with Gasteiger partial charge in [0, 0.05) is 30.6 Å². The Hall–Kier alpha value is -2.28. The molecule has 0 bridgehead atoms. The minimum absolute atomic E-state index is 0.124. The van der Waals surface area contributed by atoms with Crippen LogP contribution >= 0.6 is 11.3 Å². The van der Waals surface area contributed by atoms with E-state index >= 15 is 0 Å². The lowest BCUT2D eigenvalue weighted by molar-refractivity contribution is -0.0707. The minimum Gasteiger partial charge on any atom is -0.373 e. The van der Waals surface area contributed by atoms with Gasteiger partial charge in [0.05, 0.1) is 17.9 Å². The predicted octanol–water partition coefficient (Wildman–Crippen LogP) is 4.16. The van der Waals surface area contributed by atoms with Gasteiger partial charge < -0.3 is 4.74 Å². The van der Waals surface area contributed by atoms with Crippen LogP contribution in [0.2, 0.25) is 0 Å². The molecule has 2 atom stereocenters. The Labute approximate surface area is 163 Å². The summed E-state index contributed by atoms with van der Waals surface area (Å²) in [5.74, 6) is -0.124. The van der Waals surface area contributed by atoms with Crippen molar-refractivity contribution in [3.8, 4) is 0 Å². The van der Waals surface area contributed by atoms with Crippen molar-refractivity contribution in [3.63, 3.8) is 0 Å². The molecule has 0 aliphatic carbocycles. The first-order valence-corrected chi connectivity index (χ1v) is 10.1. The summed E-state index contributed by atoms with van der Waals surface area (Å²) in [7, 11) is 0. The van der Waals surface area contributed by atoms with Crippen LogP contribution in [-0.2, 0) is 11.3 Å². The summed E-state index contributed by atoms with van der Waals surface area (Å²) in [4.78, 5) is 19.7. The first-order valence-electron chi connectivity index (χ1n) is 9.20. The van der Waals surface area contributed by atoms with E-state index in [1.807, 2.05) is 47.8 Å². The molecule has 1 saturated heterocycles. The maximum Gasteiger partial charge on any atom is 0.258 e. The smallest absolute Gasteiger partial charge is 0.258 e. The SMILES string of the molecule is CC1CN(Cc2csc(NC(=O)c3cccc4ccccc34)n2)CC(C)O1. The number of thiazole rings is 1. The molecule has 0 saturated carbocycles. The first-order chi connectivity index (χ1) is 13.1. The molecular formula is C21H23N3O2S. The van der Waals surface area contributed by atoms with Gasteiger partial charge in [-0.1, -0.05) is 36.4 Å². The molecule has 140 valence electrons. The molecular weight excluding hydrogens is 358 g/mol. The number of nitrogens with zero attached hydrogens (tertiary/aromatic N) is 2. The van der Waals surface area contributed by atoms with Crippen LogP contribution in [0.4, 0.5) is 5.13 Å². The molecule has 1 aliphatic heterocycles. The molecule has 0 spiro atoms. The fourth-order valence-corrected chi connectivity index (χ4v) is 4.36. The van der Waals surface area contributed by atoms with Crippen LogP contribution in [0.25, 0.3) is 10.8 Å². The van der Waals surface area contributed by atoms with Crippen molar-refractivity contribution in [1.82, 2.24) is 9.88 Å². The molecule has 5 nitrogen and oxygen atoms in total. The first kappa shape index (κ1) is 18.1. The number of carbonyl (C=O) groups excluding carboxylic acids is 1. The summed E-state index contributed by atoms with van der Waals surface area (Å²) in [5, 5.41) is 7.61. The Kier molecular flexibility index (Phi) is 5.20. The van der Waals surface area contributed by atoms with Gasteiger partial charge in [-0.05, 0) is 30.7 Å². The molecule has 1 fully saturated rings. The normalized spacial score (nSPS) is 20.7. The van der Waals surface area contributed by atoms with Crippen molar-refractivity contribution in [2.45, 2.75) is 32.6 Å². The standard InChI is InChI=1S/C21H23N3O2S/c1-14-10-24(11-15(2)26-14)12-17-13-27-21(22-17)23-20(25)19-9-5-7-16-6-3-4-8-18(16)19/h3-9,13-15H,10-12H2,1-2H3,(H,22,23,25). The van der Waals surface area contributed by atoms with Gasteiger partial charge in [0.15, 0.2) is 5.13 Å². The van der Waals surface area contributed by atoms with Crippen LogP contribution in [0.3, 0.4) is 0 Å². The molecule has 1 aromatic heterocycles. The largest absolute Gasteiger partial charge is 0.373 e. The number of amides is 1. The van der Waals surface area contributed by atoms with Crippen molar-refractivity contribution < 1.29 is 9.53 Å². The number of ether oxygens (including phenoxy) is 1. The molecule has 1 N–H and O–H groups in total. The van der Waals surface area contributed by atoms with E-state index in [1.54, 1.807) is 0 Å². The van der Waals surface area contributed by atoms with Crippen LogP contribution < -0.4 is 5.32 Å². The highest BCUT2D eigenvalue weighted by Crippen LogP contribution is 2.22. The molecule has 2 aromatic carbocycles. The Morgan fingerprint density at radius 3 is 2.74 bits per heavy atom. The zero-order valence-electron chi connectivity index (χ0n) is 15.5. The number of nitrogens with one attached hydrogen (secondary N) is 1. The topological polar surface area (TPSA) is 54.5 Å². The van der Waals surface area contributed by atoms with Gasteiger partial charge in [-0.3, -0.25) is 15.0 Å². The maximum absolute atomic E-state index is 12.7. The molecule has 0 radical (unpaired) electrons. The molecule has 3 aromatic rings. The lowest BCUT2D eigenvalue weighted by Gasteiger charge is -2.34.